The summed E-state index contributed by atoms with van der Waals surface area (Å²) in [6.07, 6.45) is 7.08. The number of rotatable bonds is 5. The molecule has 2 unspecified atom stereocenters. The van der Waals surface area contributed by atoms with Crippen LogP contribution in [-0.2, 0) is 4.74 Å². The van der Waals surface area contributed by atoms with Crippen molar-refractivity contribution in [2.45, 2.75) is 89.1 Å². The van der Waals surface area contributed by atoms with Gasteiger partial charge in [-0.05, 0) is 90.0 Å². The molecule has 5 fully saturated rings. The number of benzene rings is 1. The van der Waals surface area contributed by atoms with Crippen LogP contribution in [0, 0.1) is 5.41 Å². The van der Waals surface area contributed by atoms with Gasteiger partial charge in [0.15, 0.2) is 0 Å². The van der Waals surface area contributed by atoms with E-state index in [0.717, 1.165) is 82.1 Å². The van der Waals surface area contributed by atoms with Crippen molar-refractivity contribution in [2.24, 2.45) is 5.41 Å². The highest BCUT2D eigenvalue weighted by Gasteiger charge is 2.50. The van der Waals surface area contributed by atoms with Crippen molar-refractivity contribution in [2.75, 3.05) is 70.0 Å². The molecule has 1 aromatic carbocycles. The van der Waals surface area contributed by atoms with Crippen LogP contribution in [0.2, 0.25) is 0 Å². The number of carbonyl (C=O) groups is 1. The smallest absolute Gasteiger partial charge is 0.410 e. The molecular formula is C35H53N7O3. The molecule has 1 amide bonds. The van der Waals surface area contributed by atoms with Gasteiger partial charge in [0.2, 0.25) is 0 Å². The van der Waals surface area contributed by atoms with Crippen LogP contribution in [0.5, 0.6) is 5.75 Å². The Morgan fingerprint density at radius 1 is 1.02 bits per heavy atom. The Hall–Kier alpha value is -2.95. The van der Waals surface area contributed by atoms with Crippen LogP contribution in [0.25, 0.3) is 11.3 Å². The number of H-pyrrole nitrogens is 1. The van der Waals surface area contributed by atoms with Crippen LogP contribution in [0.1, 0.15) is 59.3 Å². The molecule has 246 valence electrons. The summed E-state index contributed by atoms with van der Waals surface area (Å²) < 4.78 is 5.62. The highest BCUT2D eigenvalue weighted by atomic mass is 16.6. The first-order chi connectivity index (χ1) is 21.5. The summed E-state index contributed by atoms with van der Waals surface area (Å²) in [5, 5.41) is 10.4. The van der Waals surface area contributed by atoms with Crippen LogP contribution in [-0.4, -0.2) is 125 Å². The third-order valence-electron chi connectivity index (χ3n) is 11.6. The first-order valence-corrected chi connectivity index (χ1v) is 17.2. The van der Waals surface area contributed by atoms with E-state index in [4.69, 9.17) is 10.5 Å². The fourth-order valence-electron chi connectivity index (χ4n) is 8.89. The van der Waals surface area contributed by atoms with E-state index in [0.29, 0.717) is 35.4 Å². The summed E-state index contributed by atoms with van der Waals surface area (Å²) in [5.74, 6) is 0.944. The number of nitrogens with two attached hydrogens (primary N) is 1. The number of piperidine rings is 1. The quantitative estimate of drug-likeness (QED) is 0.452. The van der Waals surface area contributed by atoms with Gasteiger partial charge in [-0.15, -0.1) is 0 Å². The predicted octanol–water partition coefficient (Wildman–Crippen LogP) is 4.42. The lowest BCUT2D eigenvalue weighted by Crippen LogP contribution is -2.64. The lowest BCUT2D eigenvalue weighted by atomic mass is 9.60. The number of aromatic hydroxyl groups is 1. The second-order valence-corrected chi connectivity index (χ2v) is 15.6. The van der Waals surface area contributed by atoms with Gasteiger partial charge in [0.25, 0.3) is 0 Å². The number of fused-ring (bicyclic) bond motifs is 2. The molecule has 1 aliphatic carbocycles. The van der Waals surface area contributed by atoms with E-state index in [1.165, 1.54) is 25.7 Å². The number of phenolic OH excluding ortho intramolecular Hbond substituents is 1. The second kappa shape index (κ2) is 11.7. The maximum Gasteiger partial charge on any atom is 0.410 e. The molecule has 2 aromatic rings. The molecule has 4 N–H and O–H groups in total. The average molecular weight is 620 g/mol. The Morgan fingerprint density at radius 2 is 1.71 bits per heavy atom. The van der Waals surface area contributed by atoms with Gasteiger partial charge in [0, 0.05) is 82.1 Å². The number of anilines is 2. The molecule has 2 bridgehead atoms. The topological polar surface area (TPSA) is 105 Å². The van der Waals surface area contributed by atoms with Gasteiger partial charge in [0.1, 0.15) is 17.2 Å². The van der Waals surface area contributed by atoms with Gasteiger partial charge in [-0.1, -0.05) is 12.1 Å². The van der Waals surface area contributed by atoms with E-state index in [2.05, 4.69) is 37.7 Å². The molecule has 7 rings (SSSR count). The molecule has 3 atom stereocenters. The molecule has 5 aliphatic rings. The van der Waals surface area contributed by atoms with E-state index in [-0.39, 0.29) is 11.8 Å². The van der Waals surface area contributed by atoms with Crippen LogP contribution in [0.15, 0.2) is 30.3 Å². The second-order valence-electron chi connectivity index (χ2n) is 15.6. The summed E-state index contributed by atoms with van der Waals surface area (Å²) in [5.41, 5.74) is 9.18. The number of hydrogen-bond acceptors (Lipinski definition) is 8. The minimum Gasteiger partial charge on any atom is -0.507 e. The maximum absolute atomic E-state index is 12.6. The molecule has 4 aliphatic heterocycles. The number of para-hydroxylation sites is 1. The fourth-order valence-corrected chi connectivity index (χ4v) is 8.89. The fraction of sp³-hybridized carbons (Fsp3) is 0.686. The van der Waals surface area contributed by atoms with Gasteiger partial charge < -0.3 is 30.4 Å². The number of nitrogen functional groups attached to an aromatic ring is 1. The maximum atomic E-state index is 12.6. The zero-order valence-corrected chi connectivity index (χ0v) is 27.7. The molecule has 5 heterocycles. The third kappa shape index (κ3) is 6.13. The number of likely N-dealkylation sites (N-methyl/N-ethyl adjacent to an activating group) is 1. The largest absolute Gasteiger partial charge is 0.507 e. The monoisotopic (exact) mass is 619 g/mol. The summed E-state index contributed by atoms with van der Waals surface area (Å²) >= 11 is 0. The van der Waals surface area contributed by atoms with Crippen LogP contribution >= 0.6 is 0 Å². The number of amides is 1. The molecule has 10 heteroatoms. The lowest BCUT2D eigenvalue weighted by Gasteiger charge is -2.57. The normalized spacial score (nSPS) is 28.0. The molecule has 0 radical (unpaired) electrons. The SMILES string of the molecule is CN1CCN(C2CC3(CCN(C(=O)OC(C)(C)C)CC3)C2)C[C@H]1CN1C2CCC1CN(c1cc(-c3ccccc3O)[nH]c1N)C2. The van der Waals surface area contributed by atoms with Crippen LogP contribution in [0.4, 0.5) is 16.3 Å². The van der Waals surface area contributed by atoms with E-state index in [9.17, 15) is 9.90 Å². The van der Waals surface area contributed by atoms with Gasteiger partial charge >= 0.3 is 6.09 Å². The molecule has 1 saturated carbocycles. The Bertz CT molecular complexity index is 1360. The Morgan fingerprint density at radius 3 is 2.38 bits per heavy atom. The summed E-state index contributed by atoms with van der Waals surface area (Å²) in [4.78, 5) is 28.5. The van der Waals surface area contributed by atoms with Crippen LogP contribution in [0.3, 0.4) is 0 Å². The highest BCUT2D eigenvalue weighted by molar-refractivity contribution is 5.78. The third-order valence-corrected chi connectivity index (χ3v) is 11.6. The number of aromatic amines is 1. The van der Waals surface area contributed by atoms with E-state index in [1.807, 2.05) is 43.9 Å². The molecular weight excluding hydrogens is 566 g/mol. The number of nitrogens with zero attached hydrogens (tertiary/aromatic N) is 5. The molecule has 1 spiro atoms. The average Bonchev–Trinajstić information content (AvgIpc) is 3.46. The minimum atomic E-state index is -0.437. The molecule has 45 heavy (non-hydrogen) atoms. The van der Waals surface area contributed by atoms with Gasteiger partial charge in [-0.2, -0.15) is 0 Å². The number of ether oxygens (including phenoxy) is 1. The minimum absolute atomic E-state index is 0.154. The summed E-state index contributed by atoms with van der Waals surface area (Å²) in [6, 6.07) is 11.8. The van der Waals surface area contributed by atoms with Crippen molar-refractivity contribution < 1.29 is 14.6 Å². The van der Waals surface area contributed by atoms with Gasteiger partial charge in [0.05, 0.1) is 11.4 Å². The van der Waals surface area contributed by atoms with E-state index >= 15 is 0 Å². The number of piperazine rings is 2. The Labute approximate surface area is 268 Å². The van der Waals surface area contributed by atoms with Crippen molar-refractivity contribution in [1.82, 2.24) is 24.6 Å². The molecule has 10 nitrogen and oxygen atoms in total. The van der Waals surface area contributed by atoms with Crippen molar-refractivity contribution in [1.29, 1.82) is 0 Å². The van der Waals surface area contributed by atoms with E-state index < -0.39 is 5.60 Å². The van der Waals surface area contributed by atoms with Crippen molar-refractivity contribution in [3.8, 4) is 17.0 Å². The Balaban J connectivity index is 0.927. The van der Waals surface area contributed by atoms with Gasteiger partial charge in [-0.3, -0.25) is 14.7 Å². The summed E-state index contributed by atoms with van der Waals surface area (Å²) in [6.45, 7) is 14.0. The number of nitrogens with one attached hydrogen (secondary N) is 1. The molecule has 1 aromatic heterocycles. The zero-order chi connectivity index (χ0) is 31.5. The van der Waals surface area contributed by atoms with Gasteiger partial charge in [-0.25, -0.2) is 4.79 Å². The number of phenols is 1. The van der Waals surface area contributed by atoms with Crippen LogP contribution < -0.4 is 10.6 Å². The predicted molar refractivity (Wildman–Crippen MR) is 179 cm³/mol. The standard InChI is InChI=1S/C35H53N7O3/c1-34(2,3)45-33(44)39-13-11-35(12-14-39)18-26(19-35)40-16-15-38(4)27(22-40)23-42-24-9-10-25(42)21-41(20-24)30-17-29(37-32(30)36)28-7-5-6-8-31(28)43/h5-8,17,24-27,37,43H,9-16,18-23,36H2,1-4H3/t24?,25?,27-/m0/s1. The first-order valence-electron chi connectivity index (χ1n) is 17.2. The lowest BCUT2D eigenvalue weighted by molar-refractivity contribution is -0.0681. The Kier molecular flexibility index (Phi) is 7.97. The van der Waals surface area contributed by atoms with Crippen molar-refractivity contribution in [3.63, 3.8) is 0 Å². The highest BCUT2D eigenvalue weighted by Crippen LogP contribution is 2.51. The number of likely N-dealkylation sites (tertiary alicyclic amines) is 1. The van der Waals surface area contributed by atoms with E-state index in [1.54, 1.807) is 6.07 Å². The number of hydrogen-bond donors (Lipinski definition) is 3. The first kappa shape index (κ1) is 30.7. The molecule has 4 saturated heterocycles. The number of carbonyl (C=O) groups excluding carboxylic acids is 1. The summed E-state index contributed by atoms with van der Waals surface area (Å²) in [7, 11) is 2.32. The number of aromatic nitrogens is 1. The van der Waals surface area contributed by atoms with Crippen molar-refractivity contribution >= 4 is 17.6 Å². The zero-order valence-electron chi connectivity index (χ0n) is 27.7. The van der Waals surface area contributed by atoms with Crippen molar-refractivity contribution in [3.05, 3.63) is 30.3 Å².